The van der Waals surface area contributed by atoms with Crippen LogP contribution in [0.15, 0.2) is 42.5 Å². The summed E-state index contributed by atoms with van der Waals surface area (Å²) in [7, 11) is 0. The van der Waals surface area contributed by atoms with E-state index in [1.54, 1.807) is 0 Å². The second-order valence-electron chi connectivity index (χ2n) is 4.51. The van der Waals surface area contributed by atoms with Crippen LogP contribution in [0.2, 0.25) is 0 Å². The molecule has 0 saturated carbocycles. The second kappa shape index (κ2) is 4.78. The van der Waals surface area contributed by atoms with E-state index in [4.69, 9.17) is 0 Å². The molecule has 0 saturated heterocycles. The molecule has 1 aromatic carbocycles. The number of hydrogen-bond acceptors (Lipinski definition) is 3. The smallest absolute Gasteiger partial charge is 0.0854 e. The van der Waals surface area contributed by atoms with Crippen LogP contribution < -0.4 is 4.90 Å². The van der Waals surface area contributed by atoms with Gasteiger partial charge in [-0.3, -0.25) is 4.98 Å². The third-order valence-corrected chi connectivity index (χ3v) is 3.31. The third kappa shape index (κ3) is 1.97. The third-order valence-electron chi connectivity index (χ3n) is 3.31. The molecule has 1 N–H and O–H groups in total. The SMILES string of the molecule is OCc1cc(N2CC=CCC2)c2ccccc2n1. The van der Waals surface area contributed by atoms with E-state index in [0.29, 0.717) is 0 Å². The number of anilines is 1. The summed E-state index contributed by atoms with van der Waals surface area (Å²) >= 11 is 0. The lowest BCUT2D eigenvalue weighted by Crippen LogP contribution is -2.27. The Morgan fingerprint density at radius 3 is 2.89 bits per heavy atom. The topological polar surface area (TPSA) is 36.4 Å². The molecule has 0 unspecified atom stereocenters. The molecular formula is C15H16N2O. The summed E-state index contributed by atoms with van der Waals surface area (Å²) in [5, 5.41) is 10.5. The van der Waals surface area contributed by atoms with Crippen molar-refractivity contribution in [3.63, 3.8) is 0 Å². The Labute approximate surface area is 106 Å². The van der Waals surface area contributed by atoms with Crippen LogP contribution in [-0.4, -0.2) is 23.2 Å². The van der Waals surface area contributed by atoms with Crippen molar-refractivity contribution in [2.45, 2.75) is 13.0 Å². The number of fused-ring (bicyclic) bond motifs is 1. The maximum absolute atomic E-state index is 9.32. The van der Waals surface area contributed by atoms with Gasteiger partial charge in [0.1, 0.15) is 0 Å². The number of hydrogen-bond donors (Lipinski definition) is 1. The average molecular weight is 240 g/mol. The molecule has 3 heteroatoms. The molecule has 0 fully saturated rings. The number of pyridine rings is 1. The summed E-state index contributed by atoms with van der Waals surface area (Å²) in [6.07, 6.45) is 5.48. The minimum absolute atomic E-state index is 0.0124. The van der Waals surface area contributed by atoms with Gasteiger partial charge in [-0.2, -0.15) is 0 Å². The Morgan fingerprint density at radius 2 is 2.11 bits per heavy atom. The van der Waals surface area contributed by atoms with Crippen LogP contribution in [0.25, 0.3) is 10.9 Å². The number of benzene rings is 1. The lowest BCUT2D eigenvalue weighted by molar-refractivity contribution is 0.277. The molecule has 1 aliphatic rings. The Balaban J connectivity index is 2.16. The van der Waals surface area contributed by atoms with E-state index < -0.39 is 0 Å². The summed E-state index contributed by atoms with van der Waals surface area (Å²) in [5.41, 5.74) is 2.86. The second-order valence-corrected chi connectivity index (χ2v) is 4.51. The number of rotatable bonds is 2. The van der Waals surface area contributed by atoms with E-state index in [2.05, 4.69) is 28.1 Å². The zero-order chi connectivity index (χ0) is 12.4. The fourth-order valence-electron chi connectivity index (χ4n) is 2.41. The van der Waals surface area contributed by atoms with Crippen LogP contribution in [0.4, 0.5) is 5.69 Å². The number of aromatic nitrogens is 1. The zero-order valence-electron chi connectivity index (χ0n) is 10.2. The van der Waals surface area contributed by atoms with Gasteiger partial charge in [-0.05, 0) is 18.6 Å². The summed E-state index contributed by atoms with van der Waals surface area (Å²) in [6.45, 7) is 1.94. The summed E-state index contributed by atoms with van der Waals surface area (Å²) < 4.78 is 0. The van der Waals surface area contributed by atoms with Crippen LogP contribution in [0.5, 0.6) is 0 Å². The van der Waals surface area contributed by atoms with Crippen LogP contribution in [0.1, 0.15) is 12.1 Å². The highest BCUT2D eigenvalue weighted by molar-refractivity contribution is 5.92. The lowest BCUT2D eigenvalue weighted by Gasteiger charge is -2.27. The van der Waals surface area contributed by atoms with E-state index in [1.165, 1.54) is 5.69 Å². The van der Waals surface area contributed by atoms with Gasteiger partial charge in [-0.25, -0.2) is 0 Å². The van der Waals surface area contributed by atoms with Gasteiger partial charge in [0.2, 0.25) is 0 Å². The largest absolute Gasteiger partial charge is 0.390 e. The molecule has 3 rings (SSSR count). The van der Waals surface area contributed by atoms with Crippen LogP contribution in [0, 0.1) is 0 Å². The summed E-state index contributed by atoms with van der Waals surface area (Å²) in [6, 6.07) is 10.1. The van der Waals surface area contributed by atoms with Crippen molar-refractivity contribution in [1.29, 1.82) is 0 Å². The number of aliphatic hydroxyl groups is 1. The first-order chi connectivity index (χ1) is 8.88. The van der Waals surface area contributed by atoms with E-state index >= 15 is 0 Å². The van der Waals surface area contributed by atoms with Crippen molar-refractivity contribution < 1.29 is 5.11 Å². The fraction of sp³-hybridized carbons (Fsp3) is 0.267. The zero-order valence-corrected chi connectivity index (χ0v) is 10.2. The molecular weight excluding hydrogens is 224 g/mol. The first-order valence-corrected chi connectivity index (χ1v) is 6.28. The molecule has 0 aliphatic carbocycles. The molecule has 0 radical (unpaired) electrons. The molecule has 18 heavy (non-hydrogen) atoms. The molecule has 3 nitrogen and oxygen atoms in total. The van der Waals surface area contributed by atoms with E-state index in [0.717, 1.165) is 36.1 Å². The van der Waals surface area contributed by atoms with Gasteiger partial charge in [-0.15, -0.1) is 0 Å². The monoisotopic (exact) mass is 240 g/mol. The van der Waals surface area contributed by atoms with Gasteiger partial charge >= 0.3 is 0 Å². The molecule has 1 aromatic heterocycles. The Kier molecular flexibility index (Phi) is 2.99. The summed E-state index contributed by atoms with van der Waals surface area (Å²) in [4.78, 5) is 6.79. The molecule has 0 spiro atoms. The van der Waals surface area contributed by atoms with Crippen molar-refractivity contribution in [3.05, 3.63) is 48.2 Å². The normalized spacial score (nSPS) is 15.3. The highest BCUT2D eigenvalue weighted by atomic mass is 16.3. The molecule has 1 aliphatic heterocycles. The van der Waals surface area contributed by atoms with Gasteiger partial charge in [0.15, 0.2) is 0 Å². The van der Waals surface area contributed by atoms with Crippen molar-refractivity contribution in [2.24, 2.45) is 0 Å². The standard InChI is InChI=1S/C15H16N2O/c18-11-12-10-15(17-8-4-1-5-9-17)13-6-2-3-7-14(13)16-12/h1-4,6-7,10,18H,5,8-9,11H2. The first kappa shape index (κ1) is 11.2. The van der Waals surface area contributed by atoms with Crippen molar-refractivity contribution >= 4 is 16.6 Å². The molecule has 0 amide bonds. The first-order valence-electron chi connectivity index (χ1n) is 6.28. The quantitative estimate of drug-likeness (QED) is 0.819. The van der Waals surface area contributed by atoms with Gasteiger partial charge in [-0.1, -0.05) is 30.4 Å². The lowest BCUT2D eigenvalue weighted by atomic mass is 10.1. The Hall–Kier alpha value is -1.87. The van der Waals surface area contributed by atoms with Crippen LogP contribution >= 0.6 is 0 Å². The highest BCUT2D eigenvalue weighted by Gasteiger charge is 2.12. The molecule has 2 heterocycles. The maximum atomic E-state index is 9.32. The highest BCUT2D eigenvalue weighted by Crippen LogP contribution is 2.27. The minimum Gasteiger partial charge on any atom is -0.390 e. The van der Waals surface area contributed by atoms with Crippen molar-refractivity contribution in [1.82, 2.24) is 4.98 Å². The van der Waals surface area contributed by atoms with Crippen LogP contribution in [-0.2, 0) is 6.61 Å². The average Bonchev–Trinajstić information content (AvgIpc) is 2.47. The van der Waals surface area contributed by atoms with Gasteiger partial charge in [0, 0.05) is 24.2 Å². The van der Waals surface area contributed by atoms with E-state index in [1.807, 2.05) is 24.3 Å². The predicted octanol–water partition coefficient (Wildman–Crippen LogP) is 2.49. The van der Waals surface area contributed by atoms with Gasteiger partial charge in [0.25, 0.3) is 0 Å². The van der Waals surface area contributed by atoms with E-state index in [-0.39, 0.29) is 6.61 Å². The molecule has 0 bridgehead atoms. The Morgan fingerprint density at radius 1 is 1.22 bits per heavy atom. The number of para-hydroxylation sites is 1. The summed E-state index contributed by atoms with van der Waals surface area (Å²) in [5.74, 6) is 0. The molecule has 92 valence electrons. The predicted molar refractivity (Wildman–Crippen MR) is 73.6 cm³/mol. The van der Waals surface area contributed by atoms with Crippen LogP contribution in [0.3, 0.4) is 0 Å². The maximum Gasteiger partial charge on any atom is 0.0854 e. The number of aliphatic hydroxyl groups excluding tert-OH is 1. The van der Waals surface area contributed by atoms with E-state index in [9.17, 15) is 5.11 Å². The number of nitrogens with zero attached hydrogens (tertiary/aromatic N) is 2. The minimum atomic E-state index is -0.0124. The van der Waals surface area contributed by atoms with Crippen molar-refractivity contribution in [2.75, 3.05) is 18.0 Å². The molecule has 2 aromatic rings. The van der Waals surface area contributed by atoms with Crippen molar-refractivity contribution in [3.8, 4) is 0 Å². The molecule has 0 atom stereocenters. The Bertz CT molecular complexity index is 592. The van der Waals surface area contributed by atoms with Gasteiger partial charge < -0.3 is 10.0 Å². The fourth-order valence-corrected chi connectivity index (χ4v) is 2.41. The van der Waals surface area contributed by atoms with Gasteiger partial charge in [0.05, 0.1) is 17.8 Å².